The van der Waals surface area contributed by atoms with Crippen LogP contribution in [0.5, 0.6) is 5.75 Å². The molecule has 1 saturated heterocycles. The van der Waals surface area contributed by atoms with Crippen molar-refractivity contribution in [3.63, 3.8) is 0 Å². The van der Waals surface area contributed by atoms with Crippen LogP contribution in [-0.4, -0.2) is 37.7 Å². The van der Waals surface area contributed by atoms with Crippen LogP contribution < -0.4 is 15.0 Å². The van der Waals surface area contributed by atoms with E-state index in [1.165, 1.54) is 0 Å². The summed E-state index contributed by atoms with van der Waals surface area (Å²) in [6, 6.07) is 12.9. The molecule has 0 aromatic heterocycles. The Labute approximate surface area is 177 Å². The molecule has 0 spiro atoms. The van der Waals surface area contributed by atoms with E-state index in [-0.39, 0.29) is 17.9 Å². The lowest BCUT2D eigenvalue weighted by Gasteiger charge is -2.21. The molecule has 0 radical (unpaired) electrons. The highest BCUT2D eigenvalue weighted by atomic mass is 16.5. The minimum atomic E-state index is -0.341. The largest absolute Gasteiger partial charge is 0.494 e. The molecule has 0 saturated carbocycles. The van der Waals surface area contributed by atoms with Crippen molar-refractivity contribution in [2.24, 2.45) is 0 Å². The maximum atomic E-state index is 12.8. The number of carbonyl (C=O) groups is 2. The summed E-state index contributed by atoms with van der Waals surface area (Å²) in [5.74, 6) is 0.597. The standard InChI is InChI=1S/C24H28N2O4/c1-2-3-14-29-20-10-7-18(8-11-20)23(27)25-19-9-6-17-12-13-26(21(17)16-19)24(28)22-5-4-15-30-22/h6-11,16,22H,2-5,12-15H2,1H3,(H,25,27). The second-order valence-electron chi connectivity index (χ2n) is 7.77. The zero-order chi connectivity index (χ0) is 20.9. The lowest BCUT2D eigenvalue weighted by Crippen LogP contribution is -2.37. The molecule has 6 heteroatoms. The van der Waals surface area contributed by atoms with E-state index in [0.29, 0.717) is 31.0 Å². The van der Waals surface area contributed by atoms with E-state index in [1.54, 1.807) is 17.0 Å². The predicted molar refractivity (Wildman–Crippen MR) is 116 cm³/mol. The third kappa shape index (κ3) is 4.49. The fourth-order valence-electron chi connectivity index (χ4n) is 3.87. The zero-order valence-electron chi connectivity index (χ0n) is 17.4. The van der Waals surface area contributed by atoms with Crippen LogP contribution in [0.25, 0.3) is 0 Å². The van der Waals surface area contributed by atoms with Gasteiger partial charge in [0.1, 0.15) is 11.9 Å². The maximum absolute atomic E-state index is 12.8. The van der Waals surface area contributed by atoms with Crippen molar-refractivity contribution in [3.8, 4) is 5.75 Å². The fourth-order valence-corrected chi connectivity index (χ4v) is 3.87. The predicted octanol–water partition coefficient (Wildman–Crippen LogP) is 4.19. The van der Waals surface area contributed by atoms with Crippen molar-refractivity contribution >= 4 is 23.2 Å². The second-order valence-corrected chi connectivity index (χ2v) is 7.77. The van der Waals surface area contributed by atoms with Gasteiger partial charge in [0, 0.05) is 30.1 Å². The molecule has 4 rings (SSSR count). The van der Waals surface area contributed by atoms with E-state index < -0.39 is 0 Å². The smallest absolute Gasteiger partial charge is 0.256 e. The van der Waals surface area contributed by atoms with Gasteiger partial charge in [-0.2, -0.15) is 0 Å². The Kier molecular flexibility index (Phi) is 6.33. The molecule has 6 nitrogen and oxygen atoms in total. The van der Waals surface area contributed by atoms with Gasteiger partial charge >= 0.3 is 0 Å². The van der Waals surface area contributed by atoms with Crippen LogP contribution in [0.3, 0.4) is 0 Å². The van der Waals surface area contributed by atoms with Crippen molar-refractivity contribution in [1.82, 2.24) is 0 Å². The summed E-state index contributed by atoms with van der Waals surface area (Å²) >= 11 is 0. The van der Waals surface area contributed by atoms with Crippen molar-refractivity contribution in [1.29, 1.82) is 0 Å². The minimum Gasteiger partial charge on any atom is -0.494 e. The van der Waals surface area contributed by atoms with Crippen molar-refractivity contribution in [2.45, 2.75) is 45.1 Å². The van der Waals surface area contributed by atoms with Crippen LogP contribution in [0.1, 0.15) is 48.5 Å². The average Bonchev–Trinajstić information content (AvgIpc) is 3.44. The number of nitrogens with zero attached hydrogens (tertiary/aromatic N) is 1. The minimum absolute atomic E-state index is 0.0217. The normalized spacial score (nSPS) is 17.6. The molecule has 2 aromatic rings. The summed E-state index contributed by atoms with van der Waals surface area (Å²) in [7, 11) is 0. The van der Waals surface area contributed by atoms with E-state index in [1.807, 2.05) is 30.3 Å². The van der Waals surface area contributed by atoms with E-state index in [0.717, 1.165) is 49.1 Å². The van der Waals surface area contributed by atoms with E-state index in [4.69, 9.17) is 9.47 Å². The summed E-state index contributed by atoms with van der Waals surface area (Å²) < 4.78 is 11.2. The number of rotatable bonds is 7. The van der Waals surface area contributed by atoms with Gasteiger partial charge < -0.3 is 19.7 Å². The number of benzene rings is 2. The molecular weight excluding hydrogens is 380 g/mol. The molecule has 158 valence electrons. The highest BCUT2D eigenvalue weighted by Crippen LogP contribution is 2.32. The number of hydrogen-bond acceptors (Lipinski definition) is 4. The van der Waals surface area contributed by atoms with Crippen LogP contribution in [0.15, 0.2) is 42.5 Å². The molecular formula is C24H28N2O4. The number of ether oxygens (including phenoxy) is 2. The fraction of sp³-hybridized carbons (Fsp3) is 0.417. The number of fused-ring (bicyclic) bond motifs is 1. The Bertz CT molecular complexity index is 904. The first-order valence-electron chi connectivity index (χ1n) is 10.8. The topological polar surface area (TPSA) is 67.9 Å². The van der Waals surface area contributed by atoms with E-state index >= 15 is 0 Å². The number of hydrogen-bond donors (Lipinski definition) is 1. The van der Waals surface area contributed by atoms with Crippen LogP contribution in [0.2, 0.25) is 0 Å². The van der Waals surface area contributed by atoms with Crippen molar-refractivity contribution in [2.75, 3.05) is 30.0 Å². The Balaban J connectivity index is 1.42. The Morgan fingerprint density at radius 2 is 2.03 bits per heavy atom. The summed E-state index contributed by atoms with van der Waals surface area (Å²) in [4.78, 5) is 27.2. The Morgan fingerprint density at radius 1 is 1.20 bits per heavy atom. The van der Waals surface area contributed by atoms with Gasteiger partial charge in [-0.1, -0.05) is 19.4 Å². The zero-order valence-corrected chi connectivity index (χ0v) is 17.4. The van der Waals surface area contributed by atoms with Crippen LogP contribution in [0.4, 0.5) is 11.4 Å². The second kappa shape index (κ2) is 9.30. The quantitative estimate of drug-likeness (QED) is 0.698. The molecule has 2 aliphatic rings. The molecule has 1 N–H and O–H groups in total. The van der Waals surface area contributed by atoms with Gasteiger partial charge in [0.2, 0.25) is 0 Å². The highest BCUT2D eigenvalue weighted by Gasteiger charge is 2.32. The van der Waals surface area contributed by atoms with Gasteiger partial charge in [0.25, 0.3) is 11.8 Å². The molecule has 30 heavy (non-hydrogen) atoms. The summed E-state index contributed by atoms with van der Waals surface area (Å²) in [5, 5.41) is 2.94. The van der Waals surface area contributed by atoms with Gasteiger partial charge in [-0.25, -0.2) is 0 Å². The first kappa shape index (κ1) is 20.4. The first-order chi connectivity index (χ1) is 14.7. The van der Waals surface area contributed by atoms with Crippen molar-refractivity contribution in [3.05, 3.63) is 53.6 Å². The van der Waals surface area contributed by atoms with Crippen LogP contribution in [0, 0.1) is 0 Å². The SMILES string of the molecule is CCCCOc1ccc(C(=O)Nc2ccc3c(c2)N(C(=O)C2CCCO2)CC3)cc1. The molecule has 2 aromatic carbocycles. The Morgan fingerprint density at radius 3 is 2.77 bits per heavy atom. The van der Waals surface area contributed by atoms with Crippen molar-refractivity contribution < 1.29 is 19.1 Å². The lowest BCUT2D eigenvalue weighted by molar-refractivity contribution is -0.127. The molecule has 0 bridgehead atoms. The number of anilines is 2. The maximum Gasteiger partial charge on any atom is 0.256 e. The third-order valence-corrected chi connectivity index (χ3v) is 5.59. The average molecular weight is 408 g/mol. The lowest BCUT2D eigenvalue weighted by atomic mass is 10.1. The van der Waals surface area contributed by atoms with E-state index in [2.05, 4.69) is 12.2 Å². The molecule has 1 fully saturated rings. The summed E-state index contributed by atoms with van der Waals surface area (Å²) in [6.45, 7) is 4.10. The number of carbonyl (C=O) groups excluding carboxylic acids is 2. The highest BCUT2D eigenvalue weighted by molar-refractivity contribution is 6.05. The van der Waals surface area contributed by atoms with Gasteiger partial charge in [-0.05, 0) is 67.6 Å². The van der Waals surface area contributed by atoms with E-state index in [9.17, 15) is 9.59 Å². The van der Waals surface area contributed by atoms with Crippen LogP contribution in [-0.2, 0) is 16.0 Å². The summed E-state index contributed by atoms with van der Waals surface area (Å²) in [5.41, 5.74) is 3.22. The monoisotopic (exact) mass is 408 g/mol. The molecule has 2 amide bonds. The number of unbranched alkanes of at least 4 members (excludes halogenated alkanes) is 1. The summed E-state index contributed by atoms with van der Waals surface area (Å²) in [6.07, 6.45) is 4.27. The van der Waals surface area contributed by atoms with Gasteiger partial charge in [0.05, 0.1) is 6.61 Å². The molecule has 1 atom stereocenters. The molecule has 1 unspecified atom stereocenters. The molecule has 2 aliphatic heterocycles. The molecule has 2 heterocycles. The van der Waals surface area contributed by atoms with Crippen LogP contribution >= 0.6 is 0 Å². The van der Waals surface area contributed by atoms with Gasteiger partial charge in [-0.3, -0.25) is 9.59 Å². The number of amides is 2. The first-order valence-corrected chi connectivity index (χ1v) is 10.8. The molecule has 0 aliphatic carbocycles. The van der Waals surface area contributed by atoms with Gasteiger partial charge in [0.15, 0.2) is 0 Å². The third-order valence-electron chi connectivity index (χ3n) is 5.59. The number of nitrogens with one attached hydrogen (secondary N) is 1. The Hall–Kier alpha value is -2.86. The van der Waals surface area contributed by atoms with Gasteiger partial charge in [-0.15, -0.1) is 0 Å².